The van der Waals surface area contributed by atoms with Gasteiger partial charge in [-0.15, -0.1) is 6.58 Å². The largest absolute Gasteiger partial charge is 0.480 e. The van der Waals surface area contributed by atoms with E-state index in [4.69, 9.17) is 5.11 Å². The fraction of sp³-hybridized carbons (Fsp3) is 0.615. The highest BCUT2D eigenvalue weighted by Gasteiger charge is 2.38. The number of amides is 2. The first-order chi connectivity index (χ1) is 9.22. The minimum absolute atomic E-state index is 0.0889. The van der Waals surface area contributed by atoms with Gasteiger partial charge in [0.15, 0.2) is 0 Å². The summed E-state index contributed by atoms with van der Waals surface area (Å²) in [5, 5.41) is 21.0. The lowest BCUT2D eigenvalue weighted by Crippen LogP contribution is -2.50. The molecule has 0 radical (unpaired) electrons. The maximum Gasteiger partial charge on any atom is 0.326 e. The van der Waals surface area contributed by atoms with Crippen molar-refractivity contribution in [3.05, 3.63) is 12.2 Å². The number of hydrogen-bond acceptors (Lipinski definition) is 4. The van der Waals surface area contributed by atoms with E-state index < -0.39 is 30.1 Å². The molecule has 7 nitrogen and oxygen atoms in total. The van der Waals surface area contributed by atoms with Gasteiger partial charge in [0.05, 0.1) is 6.10 Å². The number of aliphatic hydroxyl groups is 1. The predicted molar refractivity (Wildman–Crippen MR) is 70.8 cm³/mol. The molecule has 1 rings (SSSR count). The number of rotatable bonds is 5. The number of hydrogen-bond donors (Lipinski definition) is 3. The molecular weight excluding hydrogens is 264 g/mol. The monoisotopic (exact) mass is 284 g/mol. The van der Waals surface area contributed by atoms with E-state index in [1.807, 2.05) is 0 Å². The van der Waals surface area contributed by atoms with E-state index in [-0.39, 0.29) is 25.3 Å². The molecule has 1 saturated heterocycles. The van der Waals surface area contributed by atoms with Crippen molar-refractivity contribution in [1.82, 2.24) is 10.2 Å². The number of β-amino-alcohol motifs (C(OH)–C–C–N with tert-alkyl or cyclic N) is 1. The summed E-state index contributed by atoms with van der Waals surface area (Å²) in [7, 11) is 0. The van der Waals surface area contributed by atoms with Crippen molar-refractivity contribution in [2.75, 3.05) is 6.54 Å². The van der Waals surface area contributed by atoms with Crippen molar-refractivity contribution in [3.63, 3.8) is 0 Å². The Labute approximate surface area is 117 Å². The van der Waals surface area contributed by atoms with Crippen LogP contribution in [0.4, 0.5) is 0 Å². The zero-order valence-electron chi connectivity index (χ0n) is 11.6. The molecule has 0 bridgehead atoms. The summed E-state index contributed by atoms with van der Waals surface area (Å²) in [5.41, 5.74) is 0.632. The first-order valence-electron chi connectivity index (χ1n) is 6.35. The predicted octanol–water partition coefficient (Wildman–Crippen LogP) is -0.496. The van der Waals surface area contributed by atoms with Gasteiger partial charge in [-0.05, 0) is 13.3 Å². The summed E-state index contributed by atoms with van der Waals surface area (Å²) in [5.74, 6) is -2.05. The van der Waals surface area contributed by atoms with Crippen molar-refractivity contribution < 1.29 is 24.6 Å². The number of likely N-dealkylation sites (tertiary alicyclic amines) is 1. The molecule has 20 heavy (non-hydrogen) atoms. The second-order valence-electron chi connectivity index (χ2n) is 5.14. The lowest BCUT2D eigenvalue weighted by Gasteiger charge is -2.24. The average Bonchev–Trinajstić information content (AvgIpc) is 2.69. The molecular formula is C13H20N2O5. The van der Waals surface area contributed by atoms with E-state index in [1.165, 1.54) is 11.8 Å². The van der Waals surface area contributed by atoms with Gasteiger partial charge in [-0.1, -0.05) is 5.57 Å². The van der Waals surface area contributed by atoms with E-state index in [9.17, 15) is 19.5 Å². The van der Waals surface area contributed by atoms with Crippen LogP contribution in [0.15, 0.2) is 12.2 Å². The van der Waals surface area contributed by atoms with Crippen LogP contribution in [0.25, 0.3) is 0 Å². The van der Waals surface area contributed by atoms with Crippen molar-refractivity contribution in [2.45, 2.75) is 44.9 Å². The molecule has 1 fully saturated rings. The summed E-state index contributed by atoms with van der Waals surface area (Å²) in [6.45, 7) is 6.68. The quantitative estimate of drug-likeness (QED) is 0.590. The highest BCUT2D eigenvalue weighted by Crippen LogP contribution is 2.18. The lowest BCUT2D eigenvalue weighted by molar-refractivity contribution is -0.143. The van der Waals surface area contributed by atoms with Gasteiger partial charge in [-0.25, -0.2) is 4.79 Å². The Morgan fingerprint density at radius 1 is 1.40 bits per heavy atom. The number of carbonyl (C=O) groups is 3. The number of nitrogens with one attached hydrogen (secondary N) is 1. The second kappa shape index (κ2) is 6.51. The first-order valence-corrected chi connectivity index (χ1v) is 6.35. The first kappa shape index (κ1) is 16.2. The molecule has 2 amide bonds. The molecule has 1 heterocycles. The molecule has 0 saturated carbocycles. The smallest absolute Gasteiger partial charge is 0.326 e. The third-order valence-electron chi connectivity index (χ3n) is 3.15. The SMILES string of the molecule is C=C(C)C[C@H](NC(=O)[C@@H]1C[C@@H](O)CN1C(C)=O)C(=O)O. The van der Waals surface area contributed by atoms with E-state index in [0.717, 1.165) is 0 Å². The van der Waals surface area contributed by atoms with Crippen LogP contribution in [0, 0.1) is 0 Å². The summed E-state index contributed by atoms with van der Waals surface area (Å²) in [6.07, 6.45) is -0.527. The zero-order valence-corrected chi connectivity index (χ0v) is 11.6. The number of nitrogens with zero attached hydrogens (tertiary/aromatic N) is 1. The lowest BCUT2D eigenvalue weighted by atomic mass is 10.1. The van der Waals surface area contributed by atoms with Gasteiger partial charge in [0, 0.05) is 19.9 Å². The highest BCUT2D eigenvalue weighted by molar-refractivity contribution is 5.90. The van der Waals surface area contributed by atoms with E-state index in [0.29, 0.717) is 5.57 Å². The molecule has 0 aromatic carbocycles. The Kier molecular flexibility index (Phi) is 5.26. The van der Waals surface area contributed by atoms with Crippen LogP contribution in [0.2, 0.25) is 0 Å². The van der Waals surface area contributed by atoms with Gasteiger partial charge < -0.3 is 20.4 Å². The summed E-state index contributed by atoms with van der Waals surface area (Å²) in [6, 6.07) is -1.90. The molecule has 0 unspecified atom stereocenters. The fourth-order valence-electron chi connectivity index (χ4n) is 2.23. The van der Waals surface area contributed by atoms with Crippen molar-refractivity contribution >= 4 is 17.8 Å². The minimum Gasteiger partial charge on any atom is -0.480 e. The Bertz CT molecular complexity index is 434. The van der Waals surface area contributed by atoms with Gasteiger partial charge >= 0.3 is 5.97 Å². The Morgan fingerprint density at radius 2 is 2.00 bits per heavy atom. The summed E-state index contributed by atoms with van der Waals surface area (Å²) >= 11 is 0. The van der Waals surface area contributed by atoms with Crippen LogP contribution in [0.5, 0.6) is 0 Å². The van der Waals surface area contributed by atoms with Crippen LogP contribution in [0.1, 0.15) is 26.7 Å². The normalized spacial score (nSPS) is 23.2. The third kappa shape index (κ3) is 4.06. The fourth-order valence-corrected chi connectivity index (χ4v) is 2.23. The van der Waals surface area contributed by atoms with Crippen LogP contribution < -0.4 is 5.32 Å². The van der Waals surface area contributed by atoms with E-state index >= 15 is 0 Å². The Balaban J connectivity index is 2.75. The van der Waals surface area contributed by atoms with Gasteiger partial charge in [0.2, 0.25) is 11.8 Å². The molecule has 3 atom stereocenters. The van der Waals surface area contributed by atoms with Crippen LogP contribution >= 0.6 is 0 Å². The van der Waals surface area contributed by atoms with Crippen molar-refractivity contribution in [3.8, 4) is 0 Å². The standard InChI is InChI=1S/C13H20N2O5/c1-7(2)4-10(13(19)20)14-12(18)11-5-9(17)6-15(11)8(3)16/h9-11,17H,1,4-6H2,2-3H3,(H,14,18)(H,19,20)/t9-,10+,11+/m1/s1. The highest BCUT2D eigenvalue weighted by atomic mass is 16.4. The number of aliphatic hydroxyl groups excluding tert-OH is 1. The van der Waals surface area contributed by atoms with Gasteiger partial charge in [0.25, 0.3) is 0 Å². The average molecular weight is 284 g/mol. The third-order valence-corrected chi connectivity index (χ3v) is 3.15. The van der Waals surface area contributed by atoms with Gasteiger partial charge in [0.1, 0.15) is 12.1 Å². The zero-order chi connectivity index (χ0) is 15.4. The molecule has 112 valence electrons. The maximum absolute atomic E-state index is 12.1. The molecule has 0 spiro atoms. The molecule has 1 aliphatic heterocycles. The Hall–Kier alpha value is -1.89. The summed E-state index contributed by atoms with van der Waals surface area (Å²) in [4.78, 5) is 35.8. The van der Waals surface area contributed by atoms with Gasteiger partial charge in [-0.2, -0.15) is 0 Å². The van der Waals surface area contributed by atoms with E-state index in [2.05, 4.69) is 11.9 Å². The molecule has 3 N–H and O–H groups in total. The molecule has 0 aliphatic carbocycles. The van der Waals surface area contributed by atoms with E-state index in [1.54, 1.807) is 6.92 Å². The molecule has 7 heteroatoms. The number of carbonyl (C=O) groups excluding carboxylic acids is 2. The molecule has 1 aliphatic rings. The molecule has 0 aromatic rings. The van der Waals surface area contributed by atoms with Crippen LogP contribution in [-0.4, -0.2) is 57.6 Å². The summed E-state index contributed by atoms with van der Waals surface area (Å²) < 4.78 is 0. The Morgan fingerprint density at radius 3 is 2.45 bits per heavy atom. The number of carboxylic acid groups (broad SMARTS) is 1. The van der Waals surface area contributed by atoms with Crippen molar-refractivity contribution in [1.29, 1.82) is 0 Å². The van der Waals surface area contributed by atoms with Crippen LogP contribution in [0.3, 0.4) is 0 Å². The van der Waals surface area contributed by atoms with Gasteiger partial charge in [-0.3, -0.25) is 9.59 Å². The second-order valence-corrected chi connectivity index (χ2v) is 5.14. The van der Waals surface area contributed by atoms with Crippen LogP contribution in [-0.2, 0) is 14.4 Å². The maximum atomic E-state index is 12.1. The molecule has 0 aromatic heterocycles. The van der Waals surface area contributed by atoms with Crippen molar-refractivity contribution in [2.24, 2.45) is 0 Å². The number of carboxylic acids is 1. The number of aliphatic carboxylic acids is 1. The minimum atomic E-state index is -1.16. The topological polar surface area (TPSA) is 107 Å².